The van der Waals surface area contributed by atoms with E-state index < -0.39 is 10.0 Å². The van der Waals surface area contributed by atoms with E-state index in [1.165, 1.54) is 4.68 Å². The van der Waals surface area contributed by atoms with Gasteiger partial charge in [-0.05, 0) is 37.3 Å². The van der Waals surface area contributed by atoms with Crippen molar-refractivity contribution in [3.05, 3.63) is 84.4 Å². The van der Waals surface area contributed by atoms with E-state index in [4.69, 9.17) is 0 Å². The zero-order chi connectivity index (χ0) is 16.3. The van der Waals surface area contributed by atoms with Crippen LogP contribution in [0.2, 0.25) is 0 Å². The van der Waals surface area contributed by atoms with E-state index in [1.54, 1.807) is 36.7 Å². The summed E-state index contributed by atoms with van der Waals surface area (Å²) in [6, 6.07) is 14.4. The van der Waals surface area contributed by atoms with Crippen LogP contribution in [-0.4, -0.2) is 13.0 Å². The van der Waals surface area contributed by atoms with Gasteiger partial charge in [-0.15, -0.1) is 0 Å². The van der Waals surface area contributed by atoms with Gasteiger partial charge in [-0.1, -0.05) is 27.2 Å². The number of hydrogen-bond donors (Lipinski definition) is 1. The lowest BCUT2D eigenvalue weighted by molar-refractivity contribution is -0.637. The summed E-state index contributed by atoms with van der Waals surface area (Å²) in [6.45, 7) is 2.60. The highest BCUT2D eigenvalue weighted by atomic mass is 32.2. The highest BCUT2D eigenvalue weighted by Gasteiger charge is 2.18. The molecule has 0 saturated carbocycles. The molecule has 0 aliphatic rings. The molecule has 5 nitrogen and oxygen atoms in total. The molecule has 3 aromatic rings. The third-order valence-electron chi connectivity index (χ3n) is 3.45. The molecule has 1 N–H and O–H groups in total. The maximum atomic E-state index is 12.4. The number of hydrogen-bond acceptors (Lipinski definition) is 2. The van der Waals surface area contributed by atoms with Crippen molar-refractivity contribution in [1.29, 1.82) is 0 Å². The summed E-state index contributed by atoms with van der Waals surface area (Å²) in [6.07, 6.45) is 7.37. The van der Waals surface area contributed by atoms with E-state index in [0.29, 0.717) is 6.54 Å². The fourth-order valence-corrected chi connectivity index (χ4v) is 3.26. The quantitative estimate of drug-likeness (QED) is 0.729. The second-order valence-corrected chi connectivity index (χ2v) is 7.04. The van der Waals surface area contributed by atoms with E-state index in [0.717, 1.165) is 11.1 Å². The Balaban J connectivity index is 1.80. The van der Waals surface area contributed by atoms with E-state index in [2.05, 4.69) is 4.83 Å². The van der Waals surface area contributed by atoms with Crippen LogP contribution in [0.25, 0.3) is 0 Å². The van der Waals surface area contributed by atoms with Gasteiger partial charge < -0.3 is 4.57 Å². The summed E-state index contributed by atoms with van der Waals surface area (Å²) >= 11 is 0. The van der Waals surface area contributed by atoms with Gasteiger partial charge in [0, 0.05) is 24.0 Å². The fourth-order valence-electron chi connectivity index (χ4n) is 2.27. The number of aromatic nitrogens is 2. The van der Waals surface area contributed by atoms with E-state index >= 15 is 0 Å². The lowest BCUT2D eigenvalue weighted by Crippen LogP contribution is -2.47. The molecule has 23 heavy (non-hydrogen) atoms. The van der Waals surface area contributed by atoms with Crippen molar-refractivity contribution < 1.29 is 13.1 Å². The zero-order valence-corrected chi connectivity index (χ0v) is 13.6. The minimum Gasteiger partial charge on any atom is -0.350 e. The largest absolute Gasteiger partial charge is 0.350 e. The number of sulfonamides is 1. The van der Waals surface area contributed by atoms with Gasteiger partial charge in [-0.2, -0.15) is 8.42 Å². The first-order valence-electron chi connectivity index (χ1n) is 7.23. The van der Waals surface area contributed by atoms with Crippen LogP contribution in [0, 0.1) is 6.92 Å². The Morgan fingerprint density at radius 3 is 2.43 bits per heavy atom. The van der Waals surface area contributed by atoms with Gasteiger partial charge in [0.15, 0.2) is 0 Å². The lowest BCUT2D eigenvalue weighted by Gasteiger charge is -2.05. The van der Waals surface area contributed by atoms with Crippen LogP contribution in [0.5, 0.6) is 0 Å². The highest BCUT2D eigenvalue weighted by molar-refractivity contribution is 7.92. The molecule has 0 aliphatic carbocycles. The maximum absolute atomic E-state index is 12.4. The van der Waals surface area contributed by atoms with Crippen molar-refractivity contribution in [2.24, 2.45) is 0 Å². The van der Waals surface area contributed by atoms with Crippen molar-refractivity contribution in [1.82, 2.24) is 4.57 Å². The summed E-state index contributed by atoms with van der Waals surface area (Å²) in [5.41, 5.74) is 2.01. The van der Waals surface area contributed by atoms with Gasteiger partial charge in [0.25, 0.3) is 0 Å². The number of nitrogens with zero attached hydrogens (tertiary/aromatic N) is 2. The van der Waals surface area contributed by atoms with Gasteiger partial charge in [0.05, 0.1) is 11.4 Å². The zero-order valence-electron chi connectivity index (χ0n) is 12.8. The van der Waals surface area contributed by atoms with Gasteiger partial charge in [-0.3, -0.25) is 0 Å². The molecule has 0 atom stereocenters. The minimum absolute atomic E-state index is 0.242. The second-order valence-electron chi connectivity index (χ2n) is 5.38. The van der Waals surface area contributed by atoms with Gasteiger partial charge in [0.1, 0.15) is 0 Å². The Morgan fingerprint density at radius 1 is 1.04 bits per heavy atom. The summed E-state index contributed by atoms with van der Waals surface area (Å²) in [4.78, 5) is 2.80. The van der Waals surface area contributed by atoms with Gasteiger partial charge in [-0.25, -0.2) is 0 Å². The molecular weight excluding hydrogens is 310 g/mol. The van der Waals surface area contributed by atoms with Crippen LogP contribution >= 0.6 is 0 Å². The second kappa shape index (κ2) is 6.26. The Labute approximate surface area is 135 Å². The van der Waals surface area contributed by atoms with Crippen molar-refractivity contribution in [3.63, 3.8) is 0 Å². The molecule has 0 unspecified atom stereocenters. The molecular formula is C17H18N3O2S+. The highest BCUT2D eigenvalue weighted by Crippen LogP contribution is 2.09. The van der Waals surface area contributed by atoms with Gasteiger partial charge >= 0.3 is 10.0 Å². The molecule has 0 aliphatic heterocycles. The number of pyridine rings is 1. The Hall–Kier alpha value is -2.60. The van der Waals surface area contributed by atoms with Crippen LogP contribution < -0.4 is 9.51 Å². The first kappa shape index (κ1) is 15.3. The first-order chi connectivity index (χ1) is 11.0. The molecule has 2 heterocycles. The van der Waals surface area contributed by atoms with Crippen LogP contribution in [-0.2, 0) is 16.6 Å². The SMILES string of the molecule is Cc1ccc(S(=O)(=O)N[n+]2cccc(Cn3cccc3)c2)cc1. The van der Waals surface area contributed by atoms with E-state index in [1.807, 2.05) is 48.1 Å². The Kier molecular flexibility index (Phi) is 4.16. The molecule has 3 rings (SSSR count). The van der Waals surface area contributed by atoms with E-state index in [9.17, 15) is 8.42 Å². The van der Waals surface area contributed by atoms with Crippen molar-refractivity contribution in [2.75, 3.05) is 4.83 Å². The van der Waals surface area contributed by atoms with Crippen molar-refractivity contribution in [2.45, 2.75) is 18.4 Å². The minimum atomic E-state index is -3.60. The van der Waals surface area contributed by atoms with Crippen molar-refractivity contribution in [3.8, 4) is 0 Å². The monoisotopic (exact) mass is 328 g/mol. The molecule has 118 valence electrons. The molecule has 6 heteroatoms. The van der Waals surface area contributed by atoms with Crippen LogP contribution in [0.3, 0.4) is 0 Å². The Morgan fingerprint density at radius 2 is 1.74 bits per heavy atom. The molecule has 0 amide bonds. The van der Waals surface area contributed by atoms with Gasteiger partial charge in [0.2, 0.25) is 12.4 Å². The Bertz CT molecular complexity index is 886. The maximum Gasteiger partial charge on any atom is 0.306 e. The topological polar surface area (TPSA) is 55.0 Å². The first-order valence-corrected chi connectivity index (χ1v) is 8.72. The van der Waals surface area contributed by atoms with Crippen LogP contribution in [0.4, 0.5) is 0 Å². The normalized spacial score (nSPS) is 11.3. The smallest absolute Gasteiger partial charge is 0.306 e. The number of rotatable bonds is 5. The number of benzene rings is 1. The molecule has 0 spiro atoms. The average Bonchev–Trinajstić information content (AvgIpc) is 3.00. The number of aryl methyl sites for hydroxylation is 1. The molecule has 1 aromatic carbocycles. The summed E-state index contributed by atoms with van der Waals surface area (Å²) < 4.78 is 28.3. The molecule has 2 aromatic heterocycles. The third kappa shape index (κ3) is 3.78. The van der Waals surface area contributed by atoms with E-state index in [-0.39, 0.29) is 4.90 Å². The third-order valence-corrected chi connectivity index (χ3v) is 4.79. The summed E-state index contributed by atoms with van der Waals surface area (Å²) in [7, 11) is -3.60. The summed E-state index contributed by atoms with van der Waals surface area (Å²) in [5.74, 6) is 0. The lowest BCUT2D eigenvalue weighted by atomic mass is 10.2. The molecule has 0 fully saturated rings. The standard InChI is InChI=1S/C17H18N3O2S/c1-15-6-8-17(9-7-15)23(21,22)18-20-12-4-5-16(14-20)13-19-10-2-3-11-19/h2-12,14,18H,13H2,1H3/q+1. The molecule has 0 bridgehead atoms. The predicted molar refractivity (Wildman–Crippen MR) is 87.9 cm³/mol. The molecule has 0 saturated heterocycles. The average molecular weight is 328 g/mol. The molecule has 0 radical (unpaired) electrons. The van der Waals surface area contributed by atoms with Crippen LogP contribution in [0.15, 0.2) is 78.2 Å². The number of nitrogens with one attached hydrogen (secondary N) is 1. The van der Waals surface area contributed by atoms with Crippen molar-refractivity contribution >= 4 is 10.0 Å². The van der Waals surface area contributed by atoms with Crippen LogP contribution in [0.1, 0.15) is 11.1 Å². The predicted octanol–water partition coefficient (Wildman–Crippen LogP) is 2.06. The fraction of sp³-hybridized carbons (Fsp3) is 0.118. The summed E-state index contributed by atoms with van der Waals surface area (Å²) in [5, 5.41) is 0.